The van der Waals surface area contributed by atoms with E-state index in [-0.39, 0.29) is 11.6 Å². The molecule has 1 aliphatic heterocycles. The number of amides is 1. The SMILES string of the molecule is COc1ccc(C=C2N=C(c3ccccc3Cl)c3cc(Br)ccc3NC2=O)cc1. The highest BCUT2D eigenvalue weighted by Crippen LogP contribution is 2.31. The summed E-state index contributed by atoms with van der Waals surface area (Å²) < 4.78 is 6.08. The Bertz CT molecular complexity index is 1150. The molecule has 0 aromatic heterocycles. The minimum atomic E-state index is -0.286. The Morgan fingerprint density at radius 3 is 2.52 bits per heavy atom. The van der Waals surface area contributed by atoms with Crippen molar-refractivity contribution in [2.45, 2.75) is 0 Å². The Morgan fingerprint density at radius 2 is 1.79 bits per heavy atom. The number of aliphatic imine (C=N–C) groups is 1. The summed E-state index contributed by atoms with van der Waals surface area (Å²) in [7, 11) is 1.61. The lowest BCUT2D eigenvalue weighted by atomic mass is 10.0. The Morgan fingerprint density at radius 1 is 1.03 bits per heavy atom. The molecule has 0 fully saturated rings. The number of hydrogen-bond donors (Lipinski definition) is 1. The van der Waals surface area contributed by atoms with Crippen molar-refractivity contribution in [2.75, 3.05) is 12.4 Å². The third-order valence-electron chi connectivity index (χ3n) is 4.50. The maximum atomic E-state index is 12.9. The van der Waals surface area contributed by atoms with Crippen molar-refractivity contribution in [1.29, 1.82) is 0 Å². The lowest BCUT2D eigenvalue weighted by molar-refractivity contribution is -0.112. The van der Waals surface area contributed by atoms with Crippen LogP contribution in [0.3, 0.4) is 0 Å². The molecule has 3 aromatic rings. The van der Waals surface area contributed by atoms with Gasteiger partial charge < -0.3 is 10.1 Å². The molecule has 0 radical (unpaired) electrons. The number of anilines is 1. The van der Waals surface area contributed by atoms with Crippen LogP contribution in [-0.4, -0.2) is 18.7 Å². The van der Waals surface area contributed by atoms with Crippen LogP contribution in [0.1, 0.15) is 16.7 Å². The summed E-state index contributed by atoms with van der Waals surface area (Å²) in [5.74, 6) is 0.460. The first-order chi connectivity index (χ1) is 14.0. The summed E-state index contributed by atoms with van der Waals surface area (Å²) in [4.78, 5) is 17.6. The van der Waals surface area contributed by atoms with Gasteiger partial charge in [-0.25, -0.2) is 4.99 Å². The number of fused-ring (bicyclic) bond motifs is 1. The third-order valence-corrected chi connectivity index (χ3v) is 5.32. The van der Waals surface area contributed by atoms with Gasteiger partial charge >= 0.3 is 0 Å². The molecule has 6 heteroatoms. The fourth-order valence-corrected chi connectivity index (χ4v) is 3.64. The lowest BCUT2D eigenvalue weighted by Crippen LogP contribution is -2.12. The highest BCUT2D eigenvalue weighted by molar-refractivity contribution is 9.10. The minimum absolute atomic E-state index is 0.286. The smallest absolute Gasteiger partial charge is 0.274 e. The van der Waals surface area contributed by atoms with Gasteiger partial charge in [-0.1, -0.05) is 57.9 Å². The van der Waals surface area contributed by atoms with Gasteiger partial charge in [0, 0.05) is 20.6 Å². The summed E-state index contributed by atoms with van der Waals surface area (Å²) in [5, 5.41) is 3.52. The monoisotopic (exact) mass is 466 g/mol. The molecule has 1 N–H and O–H groups in total. The van der Waals surface area contributed by atoms with Crippen molar-refractivity contribution in [1.82, 2.24) is 0 Å². The average molecular weight is 468 g/mol. The first-order valence-corrected chi connectivity index (χ1v) is 10.0. The predicted molar refractivity (Wildman–Crippen MR) is 121 cm³/mol. The van der Waals surface area contributed by atoms with Crippen molar-refractivity contribution in [3.8, 4) is 5.75 Å². The van der Waals surface area contributed by atoms with E-state index < -0.39 is 0 Å². The highest BCUT2D eigenvalue weighted by Gasteiger charge is 2.23. The molecule has 0 aliphatic carbocycles. The highest BCUT2D eigenvalue weighted by atomic mass is 79.9. The van der Waals surface area contributed by atoms with E-state index in [2.05, 4.69) is 21.2 Å². The van der Waals surface area contributed by atoms with Crippen LogP contribution in [0.4, 0.5) is 5.69 Å². The van der Waals surface area contributed by atoms with Gasteiger partial charge in [0.2, 0.25) is 0 Å². The van der Waals surface area contributed by atoms with Crippen molar-refractivity contribution in [3.05, 3.63) is 98.6 Å². The van der Waals surface area contributed by atoms with Gasteiger partial charge in [-0.05, 0) is 48.0 Å². The molecular weight excluding hydrogens is 452 g/mol. The quantitative estimate of drug-likeness (QED) is 0.485. The second-order valence-corrected chi connectivity index (χ2v) is 7.71. The molecule has 0 bridgehead atoms. The fraction of sp³-hybridized carbons (Fsp3) is 0.0435. The van der Waals surface area contributed by atoms with E-state index in [0.29, 0.717) is 16.4 Å². The van der Waals surface area contributed by atoms with E-state index in [1.54, 1.807) is 13.2 Å². The van der Waals surface area contributed by atoms with Crippen LogP contribution in [-0.2, 0) is 4.79 Å². The maximum Gasteiger partial charge on any atom is 0.274 e. The van der Waals surface area contributed by atoms with Crippen LogP contribution in [0.2, 0.25) is 5.02 Å². The maximum absolute atomic E-state index is 12.9. The molecule has 0 saturated carbocycles. The van der Waals surface area contributed by atoms with Gasteiger partial charge in [0.15, 0.2) is 0 Å². The van der Waals surface area contributed by atoms with Crippen molar-refractivity contribution < 1.29 is 9.53 Å². The molecule has 0 unspecified atom stereocenters. The second-order valence-electron chi connectivity index (χ2n) is 6.39. The normalized spacial score (nSPS) is 14.7. The minimum Gasteiger partial charge on any atom is -0.497 e. The van der Waals surface area contributed by atoms with E-state index in [9.17, 15) is 4.79 Å². The zero-order valence-electron chi connectivity index (χ0n) is 15.4. The lowest BCUT2D eigenvalue weighted by Gasteiger charge is -2.11. The van der Waals surface area contributed by atoms with E-state index >= 15 is 0 Å². The Kier molecular flexibility index (Phi) is 5.51. The standard InChI is InChI=1S/C23H16BrClN2O2/c1-29-16-9-6-14(7-10-16)12-21-23(28)27-20-11-8-15(24)13-18(20)22(26-21)17-4-2-3-5-19(17)25/h2-13H,1H3,(H,27,28). The number of hydrogen-bond acceptors (Lipinski definition) is 3. The zero-order valence-corrected chi connectivity index (χ0v) is 17.8. The van der Waals surface area contributed by atoms with Crippen LogP contribution < -0.4 is 10.1 Å². The molecule has 3 aromatic carbocycles. The van der Waals surface area contributed by atoms with Crippen LogP contribution in [0.5, 0.6) is 5.75 Å². The van der Waals surface area contributed by atoms with Crippen molar-refractivity contribution in [2.24, 2.45) is 4.99 Å². The van der Waals surface area contributed by atoms with Gasteiger partial charge in [0.1, 0.15) is 11.4 Å². The Balaban J connectivity index is 1.90. The van der Waals surface area contributed by atoms with Gasteiger partial charge in [-0.3, -0.25) is 4.79 Å². The van der Waals surface area contributed by atoms with Crippen LogP contribution in [0.25, 0.3) is 6.08 Å². The number of nitrogens with one attached hydrogen (secondary N) is 1. The largest absolute Gasteiger partial charge is 0.497 e. The number of ether oxygens (including phenoxy) is 1. The van der Waals surface area contributed by atoms with Crippen LogP contribution >= 0.6 is 27.5 Å². The number of methoxy groups -OCH3 is 1. The molecule has 0 spiro atoms. The van der Waals surface area contributed by atoms with Gasteiger partial charge in [0.05, 0.1) is 18.5 Å². The summed E-state index contributed by atoms with van der Waals surface area (Å²) in [5.41, 5.74) is 3.98. The topological polar surface area (TPSA) is 50.7 Å². The van der Waals surface area contributed by atoms with E-state index in [1.807, 2.05) is 66.7 Å². The van der Waals surface area contributed by atoms with Crippen molar-refractivity contribution in [3.63, 3.8) is 0 Å². The second kappa shape index (κ2) is 8.23. The van der Waals surface area contributed by atoms with E-state index in [0.717, 1.165) is 26.9 Å². The molecule has 29 heavy (non-hydrogen) atoms. The Hall–Kier alpha value is -2.89. The molecule has 1 aliphatic rings. The number of benzene rings is 3. The molecule has 1 heterocycles. The summed E-state index contributed by atoms with van der Waals surface area (Å²) >= 11 is 9.97. The number of rotatable bonds is 3. The first kappa shape index (κ1) is 19.4. The van der Waals surface area contributed by atoms with Gasteiger partial charge in [-0.15, -0.1) is 0 Å². The molecule has 0 saturated heterocycles. The van der Waals surface area contributed by atoms with Gasteiger partial charge in [-0.2, -0.15) is 0 Å². The number of benzodiazepines with no additional fused rings is 1. The van der Waals surface area contributed by atoms with Crippen molar-refractivity contribution >= 4 is 50.9 Å². The van der Waals surface area contributed by atoms with Crippen LogP contribution in [0.15, 0.2) is 81.9 Å². The molecular formula is C23H16BrClN2O2. The molecule has 4 rings (SSSR count). The number of carbonyl (C=O) groups is 1. The first-order valence-electron chi connectivity index (χ1n) is 8.86. The Labute approximate surface area is 182 Å². The van der Waals surface area contributed by atoms with E-state index in [4.69, 9.17) is 21.3 Å². The molecule has 144 valence electrons. The van der Waals surface area contributed by atoms with Gasteiger partial charge in [0.25, 0.3) is 5.91 Å². The molecule has 1 amide bonds. The summed E-state index contributed by atoms with van der Waals surface area (Å²) in [6.07, 6.45) is 1.74. The third kappa shape index (κ3) is 4.11. The average Bonchev–Trinajstić information content (AvgIpc) is 2.86. The number of nitrogens with zero attached hydrogens (tertiary/aromatic N) is 1. The zero-order chi connectivity index (χ0) is 20.4. The summed E-state index contributed by atoms with van der Waals surface area (Å²) in [6, 6.07) is 20.5. The number of carbonyl (C=O) groups excluding carboxylic acids is 1. The molecule has 4 nitrogen and oxygen atoms in total. The van der Waals surface area contributed by atoms with Crippen LogP contribution in [0, 0.1) is 0 Å². The number of halogens is 2. The van der Waals surface area contributed by atoms with E-state index in [1.165, 1.54) is 0 Å². The molecule has 0 atom stereocenters. The predicted octanol–water partition coefficient (Wildman–Crippen LogP) is 5.94. The fourth-order valence-electron chi connectivity index (χ4n) is 3.05. The summed E-state index contributed by atoms with van der Waals surface area (Å²) in [6.45, 7) is 0.